The highest BCUT2D eigenvalue weighted by atomic mass is 16.5. The molecule has 84 valence electrons. The second-order valence-corrected chi connectivity index (χ2v) is 4.25. The molecular formula is C11H24N2O. The van der Waals surface area contributed by atoms with E-state index in [-0.39, 0.29) is 5.60 Å². The van der Waals surface area contributed by atoms with Crippen LogP contribution in [0.15, 0.2) is 0 Å². The molecule has 0 radical (unpaired) electrons. The standard InChI is InChI=1S/C11H24N2O/c1-4-13(5-2)8-6-11(3)10-12-7-9-14-11/h12H,4-10H2,1-3H3. The van der Waals surface area contributed by atoms with Gasteiger partial charge in [-0.05, 0) is 26.4 Å². The van der Waals surface area contributed by atoms with E-state index in [0.717, 1.165) is 45.8 Å². The first-order chi connectivity index (χ1) is 6.70. The van der Waals surface area contributed by atoms with Crippen molar-refractivity contribution in [3.05, 3.63) is 0 Å². The average molecular weight is 200 g/mol. The zero-order chi connectivity index (χ0) is 10.4. The molecule has 1 atom stereocenters. The van der Waals surface area contributed by atoms with E-state index < -0.39 is 0 Å². The molecule has 3 heteroatoms. The third kappa shape index (κ3) is 3.56. The van der Waals surface area contributed by atoms with Crippen LogP contribution in [-0.4, -0.2) is 49.8 Å². The van der Waals surface area contributed by atoms with Crippen molar-refractivity contribution >= 4 is 0 Å². The molecule has 0 aliphatic carbocycles. The fraction of sp³-hybridized carbons (Fsp3) is 1.00. The van der Waals surface area contributed by atoms with Gasteiger partial charge in [-0.15, -0.1) is 0 Å². The molecule has 0 aromatic carbocycles. The van der Waals surface area contributed by atoms with Crippen molar-refractivity contribution in [2.24, 2.45) is 0 Å². The van der Waals surface area contributed by atoms with Gasteiger partial charge in [0, 0.05) is 19.6 Å². The van der Waals surface area contributed by atoms with E-state index in [9.17, 15) is 0 Å². The minimum absolute atomic E-state index is 0.0564. The Morgan fingerprint density at radius 2 is 2.07 bits per heavy atom. The molecule has 1 aliphatic rings. The van der Waals surface area contributed by atoms with Gasteiger partial charge in [0.2, 0.25) is 0 Å². The van der Waals surface area contributed by atoms with Crippen molar-refractivity contribution in [3.8, 4) is 0 Å². The third-order valence-corrected chi connectivity index (χ3v) is 3.08. The van der Waals surface area contributed by atoms with Crippen molar-refractivity contribution in [1.82, 2.24) is 10.2 Å². The first kappa shape index (κ1) is 12.0. The Morgan fingerprint density at radius 3 is 2.57 bits per heavy atom. The number of nitrogens with zero attached hydrogens (tertiary/aromatic N) is 1. The maximum Gasteiger partial charge on any atom is 0.0791 e. The fourth-order valence-electron chi connectivity index (χ4n) is 1.87. The molecule has 0 aromatic heterocycles. The summed E-state index contributed by atoms with van der Waals surface area (Å²) in [7, 11) is 0. The van der Waals surface area contributed by atoms with Gasteiger partial charge in [0.05, 0.1) is 12.2 Å². The van der Waals surface area contributed by atoms with Gasteiger partial charge in [-0.25, -0.2) is 0 Å². The van der Waals surface area contributed by atoms with Crippen LogP contribution in [0.4, 0.5) is 0 Å². The molecule has 3 nitrogen and oxygen atoms in total. The Morgan fingerprint density at radius 1 is 1.36 bits per heavy atom. The molecule has 1 rings (SSSR count). The molecule has 1 N–H and O–H groups in total. The Balaban J connectivity index is 2.27. The van der Waals surface area contributed by atoms with Crippen molar-refractivity contribution in [1.29, 1.82) is 0 Å². The Hall–Kier alpha value is -0.120. The topological polar surface area (TPSA) is 24.5 Å². The maximum atomic E-state index is 5.82. The highest BCUT2D eigenvalue weighted by Crippen LogP contribution is 2.17. The van der Waals surface area contributed by atoms with E-state index in [2.05, 4.69) is 31.0 Å². The Kier molecular flexibility index (Phi) is 4.85. The summed E-state index contributed by atoms with van der Waals surface area (Å²) in [4.78, 5) is 2.45. The summed E-state index contributed by atoms with van der Waals surface area (Å²) in [6.07, 6.45) is 1.13. The molecule has 1 aliphatic heterocycles. The van der Waals surface area contributed by atoms with Gasteiger partial charge in [-0.1, -0.05) is 13.8 Å². The molecule has 1 fully saturated rings. The molecule has 1 saturated heterocycles. The predicted molar refractivity (Wildman–Crippen MR) is 59.6 cm³/mol. The monoisotopic (exact) mass is 200 g/mol. The minimum atomic E-state index is 0.0564. The van der Waals surface area contributed by atoms with Crippen LogP contribution < -0.4 is 5.32 Å². The Bertz CT molecular complexity index is 151. The van der Waals surface area contributed by atoms with Crippen LogP contribution >= 0.6 is 0 Å². The Labute approximate surface area is 87.8 Å². The normalized spacial score (nSPS) is 28.3. The second kappa shape index (κ2) is 5.69. The van der Waals surface area contributed by atoms with Crippen LogP contribution in [0.3, 0.4) is 0 Å². The van der Waals surface area contributed by atoms with E-state index >= 15 is 0 Å². The lowest BCUT2D eigenvalue weighted by atomic mass is 10.0. The van der Waals surface area contributed by atoms with Gasteiger partial charge in [0.15, 0.2) is 0 Å². The first-order valence-corrected chi connectivity index (χ1v) is 5.77. The smallest absolute Gasteiger partial charge is 0.0791 e. The van der Waals surface area contributed by atoms with Crippen LogP contribution in [0.5, 0.6) is 0 Å². The van der Waals surface area contributed by atoms with Gasteiger partial charge >= 0.3 is 0 Å². The lowest BCUT2D eigenvalue weighted by molar-refractivity contribution is -0.0616. The SMILES string of the molecule is CCN(CC)CCC1(C)CNCCO1. The molecular weight excluding hydrogens is 176 g/mol. The van der Waals surface area contributed by atoms with Gasteiger partial charge in [0.25, 0.3) is 0 Å². The molecule has 0 aromatic rings. The molecule has 1 heterocycles. The first-order valence-electron chi connectivity index (χ1n) is 5.77. The van der Waals surface area contributed by atoms with Crippen LogP contribution in [0.25, 0.3) is 0 Å². The zero-order valence-electron chi connectivity index (χ0n) is 9.81. The zero-order valence-corrected chi connectivity index (χ0v) is 9.81. The maximum absolute atomic E-state index is 5.82. The minimum Gasteiger partial charge on any atom is -0.373 e. The number of morpholine rings is 1. The number of ether oxygens (including phenoxy) is 1. The van der Waals surface area contributed by atoms with Gasteiger partial charge in [-0.3, -0.25) is 0 Å². The number of rotatable bonds is 5. The summed E-state index contributed by atoms with van der Waals surface area (Å²) in [5, 5.41) is 3.39. The summed E-state index contributed by atoms with van der Waals surface area (Å²) >= 11 is 0. The summed E-state index contributed by atoms with van der Waals surface area (Å²) in [6, 6.07) is 0. The number of hydrogen-bond donors (Lipinski definition) is 1. The van der Waals surface area contributed by atoms with Gasteiger partial charge in [-0.2, -0.15) is 0 Å². The van der Waals surface area contributed by atoms with E-state index in [4.69, 9.17) is 4.74 Å². The van der Waals surface area contributed by atoms with Crippen LogP contribution in [0.2, 0.25) is 0 Å². The highest BCUT2D eigenvalue weighted by molar-refractivity contribution is 4.82. The van der Waals surface area contributed by atoms with Crippen LogP contribution in [-0.2, 0) is 4.74 Å². The van der Waals surface area contributed by atoms with E-state index in [1.54, 1.807) is 0 Å². The summed E-state index contributed by atoms with van der Waals surface area (Å²) < 4.78 is 5.82. The lowest BCUT2D eigenvalue weighted by Gasteiger charge is -2.36. The van der Waals surface area contributed by atoms with Crippen molar-refractivity contribution in [2.45, 2.75) is 32.8 Å². The fourth-order valence-corrected chi connectivity index (χ4v) is 1.87. The summed E-state index contributed by atoms with van der Waals surface area (Å²) in [6.45, 7) is 12.9. The molecule has 0 spiro atoms. The third-order valence-electron chi connectivity index (χ3n) is 3.08. The molecule has 14 heavy (non-hydrogen) atoms. The van der Waals surface area contributed by atoms with Gasteiger partial charge in [0.1, 0.15) is 0 Å². The largest absolute Gasteiger partial charge is 0.373 e. The van der Waals surface area contributed by atoms with E-state index in [0.29, 0.717) is 0 Å². The van der Waals surface area contributed by atoms with E-state index in [1.807, 2.05) is 0 Å². The summed E-state index contributed by atoms with van der Waals surface area (Å²) in [5.74, 6) is 0. The molecule has 1 unspecified atom stereocenters. The highest BCUT2D eigenvalue weighted by Gasteiger charge is 2.27. The second-order valence-electron chi connectivity index (χ2n) is 4.25. The molecule has 0 bridgehead atoms. The van der Waals surface area contributed by atoms with Crippen LogP contribution in [0.1, 0.15) is 27.2 Å². The van der Waals surface area contributed by atoms with Crippen molar-refractivity contribution in [3.63, 3.8) is 0 Å². The van der Waals surface area contributed by atoms with Gasteiger partial charge < -0.3 is 15.0 Å². The molecule has 0 amide bonds. The van der Waals surface area contributed by atoms with Crippen molar-refractivity contribution < 1.29 is 4.74 Å². The lowest BCUT2D eigenvalue weighted by Crippen LogP contribution is -2.49. The average Bonchev–Trinajstić information content (AvgIpc) is 2.20. The van der Waals surface area contributed by atoms with E-state index in [1.165, 1.54) is 0 Å². The predicted octanol–water partition coefficient (Wildman–Crippen LogP) is 1.10. The number of nitrogens with one attached hydrogen (secondary N) is 1. The van der Waals surface area contributed by atoms with Crippen LogP contribution in [0, 0.1) is 0 Å². The molecule has 0 saturated carbocycles. The quantitative estimate of drug-likeness (QED) is 0.719. The summed E-state index contributed by atoms with van der Waals surface area (Å²) in [5.41, 5.74) is 0.0564. The van der Waals surface area contributed by atoms with Crippen molar-refractivity contribution in [2.75, 3.05) is 39.3 Å². The number of hydrogen-bond acceptors (Lipinski definition) is 3.